The van der Waals surface area contributed by atoms with E-state index in [1.807, 2.05) is 36.2 Å². The minimum absolute atomic E-state index is 0.166. The number of hydrogen-bond donors (Lipinski definition) is 3. The lowest BCUT2D eigenvalue weighted by molar-refractivity contribution is 0.156. The zero-order valence-electron chi connectivity index (χ0n) is 17.4. The van der Waals surface area contributed by atoms with Gasteiger partial charge in [0, 0.05) is 43.5 Å². The molecule has 0 atom stereocenters. The first-order valence-corrected chi connectivity index (χ1v) is 10.5. The molecule has 0 saturated carbocycles. The van der Waals surface area contributed by atoms with Gasteiger partial charge in [0.25, 0.3) is 0 Å². The van der Waals surface area contributed by atoms with Gasteiger partial charge < -0.3 is 10.1 Å². The van der Waals surface area contributed by atoms with Gasteiger partial charge in [-0.1, -0.05) is 6.42 Å². The molecule has 9 heteroatoms. The second kappa shape index (κ2) is 9.48. The fourth-order valence-corrected chi connectivity index (χ4v) is 3.56. The number of anilines is 1. The maximum Gasteiger partial charge on any atom is 0.340 e. The number of benzene rings is 1. The van der Waals surface area contributed by atoms with Crippen LogP contribution >= 0.6 is 0 Å². The molecule has 0 aliphatic carbocycles. The highest BCUT2D eigenvalue weighted by Crippen LogP contribution is 2.27. The van der Waals surface area contributed by atoms with Crippen molar-refractivity contribution in [2.75, 3.05) is 25.0 Å². The lowest BCUT2D eigenvalue weighted by Crippen LogP contribution is -2.46. The van der Waals surface area contributed by atoms with Gasteiger partial charge >= 0.3 is 12.1 Å². The molecule has 0 spiro atoms. The average molecular weight is 422 g/mol. The molecule has 9 nitrogen and oxygen atoms in total. The summed E-state index contributed by atoms with van der Waals surface area (Å²) in [6.45, 7) is 4.13. The molecule has 3 amide bonds. The van der Waals surface area contributed by atoms with E-state index in [2.05, 4.69) is 21.0 Å². The number of pyridine rings is 1. The van der Waals surface area contributed by atoms with Crippen molar-refractivity contribution in [3.63, 3.8) is 0 Å². The van der Waals surface area contributed by atoms with E-state index in [0.29, 0.717) is 23.9 Å². The minimum Gasteiger partial charge on any atom is -0.457 e. The normalized spacial score (nSPS) is 14.2. The molecule has 1 aliphatic heterocycles. The van der Waals surface area contributed by atoms with Crippen LogP contribution < -0.4 is 20.8 Å². The number of nitrogens with one attached hydrogen (secondary N) is 3. The van der Waals surface area contributed by atoms with Gasteiger partial charge in [-0.3, -0.25) is 15.3 Å². The van der Waals surface area contributed by atoms with Crippen molar-refractivity contribution in [1.29, 1.82) is 0 Å². The molecule has 31 heavy (non-hydrogen) atoms. The number of piperidine rings is 1. The van der Waals surface area contributed by atoms with Crippen molar-refractivity contribution in [2.24, 2.45) is 0 Å². The Kier molecular flexibility index (Phi) is 6.32. The fraction of sp³-hybridized carbons (Fsp3) is 0.318. The number of fused-ring (bicyclic) bond motifs is 1. The Bertz CT molecular complexity index is 1070. The summed E-state index contributed by atoms with van der Waals surface area (Å²) in [6, 6.07) is 10.3. The molecule has 1 fully saturated rings. The molecule has 0 bridgehead atoms. The standard InChI is InChI=1S/C22H26N6O3/c1-2-23-21(29)25-20-15-18(8-10-24-20)31-17-6-7-19-16(14-17)9-13-28(19)22(30)26-27-11-4-3-5-12-27/h6-10,13-15H,2-5,11-12H2,1H3,(H,26,30)(H2,23,24,25,29). The molecule has 162 valence electrons. The number of rotatable bonds is 5. The summed E-state index contributed by atoms with van der Waals surface area (Å²) in [5.41, 5.74) is 3.78. The van der Waals surface area contributed by atoms with Crippen LogP contribution in [-0.2, 0) is 0 Å². The largest absolute Gasteiger partial charge is 0.457 e. The molecule has 0 unspecified atom stereocenters. The van der Waals surface area contributed by atoms with Gasteiger partial charge in [0.1, 0.15) is 17.3 Å². The van der Waals surface area contributed by atoms with Gasteiger partial charge in [-0.05, 0) is 50.1 Å². The Balaban J connectivity index is 1.45. The lowest BCUT2D eigenvalue weighted by Gasteiger charge is -2.26. The van der Waals surface area contributed by atoms with Gasteiger partial charge in [0.05, 0.1) is 5.52 Å². The Hall–Kier alpha value is -3.59. The number of amides is 3. The van der Waals surface area contributed by atoms with E-state index >= 15 is 0 Å². The smallest absolute Gasteiger partial charge is 0.340 e. The minimum atomic E-state index is -0.322. The first kappa shape index (κ1) is 20.7. The highest BCUT2D eigenvalue weighted by molar-refractivity contribution is 5.92. The van der Waals surface area contributed by atoms with Crippen molar-refractivity contribution in [1.82, 2.24) is 25.3 Å². The van der Waals surface area contributed by atoms with E-state index in [1.165, 1.54) is 6.42 Å². The van der Waals surface area contributed by atoms with Crippen LogP contribution in [0.2, 0.25) is 0 Å². The fourth-order valence-electron chi connectivity index (χ4n) is 3.56. The number of hydrazine groups is 1. The Labute approximate surface area is 180 Å². The molecular formula is C22H26N6O3. The second-order valence-electron chi connectivity index (χ2n) is 7.33. The monoisotopic (exact) mass is 422 g/mol. The second-order valence-corrected chi connectivity index (χ2v) is 7.33. The van der Waals surface area contributed by atoms with Gasteiger partial charge in [-0.2, -0.15) is 0 Å². The summed E-state index contributed by atoms with van der Waals surface area (Å²) in [4.78, 5) is 28.5. The molecule has 4 rings (SSSR count). The third-order valence-corrected chi connectivity index (χ3v) is 5.04. The van der Waals surface area contributed by atoms with Crippen LogP contribution in [0.15, 0.2) is 48.8 Å². The highest BCUT2D eigenvalue weighted by Gasteiger charge is 2.15. The van der Waals surface area contributed by atoms with Crippen LogP contribution in [0.5, 0.6) is 11.5 Å². The maximum atomic E-state index is 12.7. The maximum absolute atomic E-state index is 12.7. The molecule has 1 aromatic carbocycles. The van der Waals surface area contributed by atoms with E-state index in [0.717, 1.165) is 36.8 Å². The molecule has 2 aromatic heterocycles. The number of nitrogens with zero attached hydrogens (tertiary/aromatic N) is 3. The predicted octanol–water partition coefficient (Wildman–Crippen LogP) is 3.93. The molecule has 0 radical (unpaired) electrons. The van der Waals surface area contributed by atoms with E-state index in [-0.39, 0.29) is 12.1 Å². The van der Waals surface area contributed by atoms with E-state index < -0.39 is 0 Å². The van der Waals surface area contributed by atoms with E-state index in [4.69, 9.17) is 4.74 Å². The number of carbonyl (C=O) groups excluding carboxylic acids is 2. The van der Waals surface area contributed by atoms with Gasteiger partial charge in [0.15, 0.2) is 0 Å². The van der Waals surface area contributed by atoms with Crippen LogP contribution in [0.3, 0.4) is 0 Å². The lowest BCUT2D eigenvalue weighted by atomic mass is 10.2. The van der Waals surface area contributed by atoms with Gasteiger partial charge in [-0.25, -0.2) is 19.6 Å². The van der Waals surface area contributed by atoms with Crippen molar-refractivity contribution in [3.05, 3.63) is 48.8 Å². The summed E-state index contributed by atoms with van der Waals surface area (Å²) in [5.74, 6) is 1.56. The summed E-state index contributed by atoms with van der Waals surface area (Å²) >= 11 is 0. The van der Waals surface area contributed by atoms with E-state index in [1.54, 1.807) is 29.1 Å². The third-order valence-electron chi connectivity index (χ3n) is 5.04. The molecule has 3 N–H and O–H groups in total. The number of urea groups is 1. The Morgan fingerprint density at radius 3 is 2.68 bits per heavy atom. The van der Waals surface area contributed by atoms with Crippen molar-refractivity contribution >= 4 is 28.8 Å². The summed E-state index contributed by atoms with van der Waals surface area (Å²) in [7, 11) is 0. The Morgan fingerprint density at radius 2 is 1.87 bits per heavy atom. The topological polar surface area (TPSA) is 101 Å². The van der Waals surface area contributed by atoms with Crippen LogP contribution in [0, 0.1) is 0 Å². The highest BCUT2D eigenvalue weighted by atomic mass is 16.5. The van der Waals surface area contributed by atoms with Crippen molar-refractivity contribution < 1.29 is 14.3 Å². The van der Waals surface area contributed by atoms with Crippen LogP contribution in [-0.4, -0.2) is 46.3 Å². The number of aromatic nitrogens is 2. The number of ether oxygens (including phenoxy) is 1. The number of carbonyl (C=O) groups is 2. The van der Waals surface area contributed by atoms with Crippen LogP contribution in [0.25, 0.3) is 10.9 Å². The van der Waals surface area contributed by atoms with Crippen molar-refractivity contribution in [3.8, 4) is 11.5 Å². The quantitative estimate of drug-likeness (QED) is 0.578. The van der Waals surface area contributed by atoms with E-state index in [9.17, 15) is 9.59 Å². The molecule has 1 saturated heterocycles. The first-order chi connectivity index (χ1) is 15.1. The van der Waals surface area contributed by atoms with Crippen LogP contribution in [0.1, 0.15) is 26.2 Å². The molecule has 1 aliphatic rings. The average Bonchev–Trinajstić information content (AvgIpc) is 3.18. The predicted molar refractivity (Wildman–Crippen MR) is 118 cm³/mol. The molecule has 3 aromatic rings. The van der Waals surface area contributed by atoms with Gasteiger partial charge in [0.2, 0.25) is 0 Å². The molecule has 3 heterocycles. The third kappa shape index (κ3) is 5.13. The summed E-state index contributed by atoms with van der Waals surface area (Å²) < 4.78 is 7.54. The van der Waals surface area contributed by atoms with Gasteiger partial charge in [-0.15, -0.1) is 0 Å². The molecular weight excluding hydrogens is 396 g/mol. The SMILES string of the molecule is CCNC(=O)Nc1cc(Oc2ccc3c(ccn3C(=O)NN3CCCCC3)c2)ccn1. The zero-order chi connectivity index (χ0) is 21.6. The first-order valence-electron chi connectivity index (χ1n) is 10.5. The van der Waals surface area contributed by atoms with Crippen molar-refractivity contribution in [2.45, 2.75) is 26.2 Å². The summed E-state index contributed by atoms with van der Waals surface area (Å²) in [6.07, 6.45) is 6.74. The zero-order valence-corrected chi connectivity index (χ0v) is 17.4. The summed E-state index contributed by atoms with van der Waals surface area (Å²) in [5, 5.41) is 8.17. The number of hydrogen-bond acceptors (Lipinski definition) is 5. The Morgan fingerprint density at radius 1 is 1.06 bits per heavy atom. The van der Waals surface area contributed by atoms with Crippen LogP contribution in [0.4, 0.5) is 15.4 Å².